The Morgan fingerprint density at radius 1 is 1.26 bits per heavy atom. The fourth-order valence-corrected chi connectivity index (χ4v) is 2.47. The molecule has 3 nitrogen and oxygen atoms in total. The molecule has 1 aromatic heterocycles. The highest BCUT2D eigenvalue weighted by Gasteiger charge is 2.11. The zero-order valence-corrected chi connectivity index (χ0v) is 12.4. The molecular formula is C14H10BrClN2O. The number of rotatable bonds is 1. The van der Waals surface area contributed by atoms with Crippen molar-refractivity contribution >= 4 is 44.3 Å². The molecule has 0 unspecified atom stereocenters. The highest BCUT2D eigenvalue weighted by molar-refractivity contribution is 9.10. The highest BCUT2D eigenvalue weighted by atomic mass is 79.9. The maximum Gasteiger partial charge on any atom is 0.227 e. The number of nitrogens with two attached hydrogens (primary N) is 1. The first-order valence-electron chi connectivity index (χ1n) is 5.66. The van der Waals surface area contributed by atoms with Crippen LogP contribution in [-0.2, 0) is 0 Å². The van der Waals surface area contributed by atoms with E-state index in [1.54, 1.807) is 6.07 Å². The number of halogens is 2. The molecule has 1 heterocycles. The van der Waals surface area contributed by atoms with E-state index in [0.717, 1.165) is 26.7 Å². The molecule has 96 valence electrons. The summed E-state index contributed by atoms with van der Waals surface area (Å²) in [6.45, 7) is 1.94. The first-order valence-corrected chi connectivity index (χ1v) is 6.84. The third-order valence-corrected chi connectivity index (χ3v) is 3.82. The summed E-state index contributed by atoms with van der Waals surface area (Å²) in [6.07, 6.45) is 0. The lowest BCUT2D eigenvalue weighted by molar-refractivity contribution is 0.617. The first-order chi connectivity index (χ1) is 9.04. The number of anilines is 1. The van der Waals surface area contributed by atoms with Gasteiger partial charge in [0, 0.05) is 20.7 Å². The number of nitrogens with zero attached hydrogens (tertiary/aromatic N) is 1. The van der Waals surface area contributed by atoms with Crippen molar-refractivity contribution in [2.45, 2.75) is 6.92 Å². The quantitative estimate of drug-likeness (QED) is 0.649. The van der Waals surface area contributed by atoms with Gasteiger partial charge in [-0.05, 0) is 58.7 Å². The highest BCUT2D eigenvalue weighted by Crippen LogP contribution is 2.31. The van der Waals surface area contributed by atoms with Gasteiger partial charge >= 0.3 is 0 Å². The van der Waals surface area contributed by atoms with Gasteiger partial charge in [-0.25, -0.2) is 4.98 Å². The van der Waals surface area contributed by atoms with Gasteiger partial charge < -0.3 is 10.2 Å². The Hall–Kier alpha value is -1.52. The second-order valence-electron chi connectivity index (χ2n) is 4.33. The third kappa shape index (κ3) is 2.22. The standard InChI is InChI=1S/C14H10BrClN2O/c1-7-4-9(16)6-12-13(7)19-14(18-12)8-2-3-10(15)11(17)5-8/h2-6H,17H2,1H3. The van der Waals surface area contributed by atoms with Crippen LogP contribution in [0.3, 0.4) is 0 Å². The Labute approximate surface area is 123 Å². The molecule has 0 spiro atoms. The van der Waals surface area contributed by atoms with Gasteiger partial charge in [0.25, 0.3) is 0 Å². The van der Waals surface area contributed by atoms with Gasteiger partial charge in [0.15, 0.2) is 5.58 Å². The lowest BCUT2D eigenvalue weighted by Crippen LogP contribution is -1.87. The minimum Gasteiger partial charge on any atom is -0.436 e. The third-order valence-electron chi connectivity index (χ3n) is 2.88. The van der Waals surface area contributed by atoms with Crippen molar-refractivity contribution < 1.29 is 4.42 Å². The van der Waals surface area contributed by atoms with E-state index in [1.165, 1.54) is 0 Å². The summed E-state index contributed by atoms with van der Waals surface area (Å²) in [5, 5.41) is 0.653. The van der Waals surface area contributed by atoms with Gasteiger partial charge in [0.2, 0.25) is 5.89 Å². The molecule has 0 bridgehead atoms. The van der Waals surface area contributed by atoms with Crippen molar-refractivity contribution in [3.05, 3.63) is 45.4 Å². The van der Waals surface area contributed by atoms with Crippen LogP contribution in [0.15, 0.2) is 39.2 Å². The number of oxazole rings is 1. The van der Waals surface area contributed by atoms with Crippen LogP contribution in [0.25, 0.3) is 22.6 Å². The molecule has 5 heteroatoms. The molecule has 2 N–H and O–H groups in total. The maximum absolute atomic E-state index is 6.02. The van der Waals surface area contributed by atoms with Crippen LogP contribution in [0.2, 0.25) is 5.02 Å². The largest absolute Gasteiger partial charge is 0.436 e. The summed E-state index contributed by atoms with van der Waals surface area (Å²) >= 11 is 9.38. The number of fused-ring (bicyclic) bond motifs is 1. The van der Waals surface area contributed by atoms with Gasteiger partial charge in [-0.2, -0.15) is 0 Å². The van der Waals surface area contributed by atoms with Crippen LogP contribution in [0.4, 0.5) is 5.69 Å². The molecule has 0 aliphatic rings. The molecule has 0 radical (unpaired) electrons. The first kappa shape index (κ1) is 12.5. The lowest BCUT2D eigenvalue weighted by Gasteiger charge is -1.99. The zero-order valence-electron chi connectivity index (χ0n) is 10.1. The topological polar surface area (TPSA) is 52.0 Å². The fourth-order valence-electron chi connectivity index (χ4n) is 1.96. The van der Waals surface area contributed by atoms with Crippen LogP contribution in [0.1, 0.15) is 5.56 Å². The van der Waals surface area contributed by atoms with Gasteiger partial charge in [-0.15, -0.1) is 0 Å². The molecule has 3 rings (SSSR count). The van der Waals surface area contributed by atoms with Crippen LogP contribution >= 0.6 is 27.5 Å². The molecule has 0 amide bonds. The second-order valence-corrected chi connectivity index (χ2v) is 5.62. The van der Waals surface area contributed by atoms with E-state index in [-0.39, 0.29) is 0 Å². The minimum absolute atomic E-state index is 0.541. The van der Waals surface area contributed by atoms with Crippen molar-refractivity contribution in [1.29, 1.82) is 0 Å². The SMILES string of the molecule is Cc1cc(Cl)cc2nc(-c3ccc(Br)c(N)c3)oc12. The number of benzene rings is 2. The number of hydrogen-bond donors (Lipinski definition) is 1. The molecule has 0 fully saturated rings. The molecule has 0 aliphatic carbocycles. The van der Waals surface area contributed by atoms with E-state index in [0.29, 0.717) is 16.6 Å². The Morgan fingerprint density at radius 2 is 2.05 bits per heavy atom. The summed E-state index contributed by atoms with van der Waals surface area (Å²) < 4.78 is 6.65. The Balaban J connectivity index is 2.20. The fraction of sp³-hybridized carbons (Fsp3) is 0.0714. The van der Waals surface area contributed by atoms with Gasteiger partial charge in [0.05, 0.1) is 0 Å². The van der Waals surface area contributed by atoms with Crippen LogP contribution in [0.5, 0.6) is 0 Å². The molecule has 19 heavy (non-hydrogen) atoms. The van der Waals surface area contributed by atoms with Crippen LogP contribution in [0, 0.1) is 6.92 Å². The number of nitrogen functional groups attached to an aromatic ring is 1. The van der Waals surface area contributed by atoms with Crippen molar-refractivity contribution in [1.82, 2.24) is 4.98 Å². The molecule has 0 saturated carbocycles. The zero-order chi connectivity index (χ0) is 13.6. The normalized spacial score (nSPS) is 11.1. The van der Waals surface area contributed by atoms with E-state index in [2.05, 4.69) is 20.9 Å². The summed E-state index contributed by atoms with van der Waals surface area (Å²) in [6, 6.07) is 9.25. The smallest absolute Gasteiger partial charge is 0.227 e. The molecule has 0 saturated heterocycles. The Kier molecular flexibility index (Phi) is 2.99. The molecule has 2 aromatic carbocycles. The number of aryl methyl sites for hydroxylation is 1. The predicted octanol–water partition coefficient (Wildman–Crippen LogP) is 4.80. The van der Waals surface area contributed by atoms with E-state index >= 15 is 0 Å². The summed E-state index contributed by atoms with van der Waals surface area (Å²) in [5.74, 6) is 0.541. The lowest BCUT2D eigenvalue weighted by atomic mass is 10.2. The molecular weight excluding hydrogens is 328 g/mol. The summed E-state index contributed by atoms with van der Waals surface area (Å²) in [4.78, 5) is 4.45. The van der Waals surface area contributed by atoms with Crippen molar-refractivity contribution in [3.63, 3.8) is 0 Å². The van der Waals surface area contributed by atoms with E-state index in [9.17, 15) is 0 Å². The number of aromatic nitrogens is 1. The van der Waals surface area contributed by atoms with Crippen molar-refractivity contribution in [2.24, 2.45) is 0 Å². The van der Waals surface area contributed by atoms with Gasteiger partial charge in [0.1, 0.15) is 5.52 Å². The van der Waals surface area contributed by atoms with Crippen molar-refractivity contribution in [3.8, 4) is 11.5 Å². The Morgan fingerprint density at radius 3 is 2.79 bits per heavy atom. The van der Waals surface area contributed by atoms with E-state index in [1.807, 2.05) is 31.2 Å². The number of hydrogen-bond acceptors (Lipinski definition) is 3. The van der Waals surface area contributed by atoms with Crippen LogP contribution in [-0.4, -0.2) is 4.98 Å². The van der Waals surface area contributed by atoms with Gasteiger partial charge in [-0.3, -0.25) is 0 Å². The van der Waals surface area contributed by atoms with Crippen LogP contribution < -0.4 is 5.73 Å². The molecule has 3 aromatic rings. The average molecular weight is 338 g/mol. The summed E-state index contributed by atoms with van der Waals surface area (Å²) in [5.41, 5.74) is 9.82. The summed E-state index contributed by atoms with van der Waals surface area (Å²) in [7, 11) is 0. The van der Waals surface area contributed by atoms with Crippen molar-refractivity contribution in [2.75, 3.05) is 5.73 Å². The van der Waals surface area contributed by atoms with E-state index in [4.69, 9.17) is 21.8 Å². The maximum atomic E-state index is 6.02. The van der Waals surface area contributed by atoms with Gasteiger partial charge in [-0.1, -0.05) is 11.6 Å². The minimum atomic E-state index is 0.541. The Bertz CT molecular complexity index is 782. The monoisotopic (exact) mass is 336 g/mol. The second kappa shape index (κ2) is 4.54. The predicted molar refractivity (Wildman–Crippen MR) is 81.3 cm³/mol. The molecule has 0 atom stereocenters. The molecule has 0 aliphatic heterocycles. The average Bonchev–Trinajstić information content (AvgIpc) is 2.76. The van der Waals surface area contributed by atoms with E-state index < -0.39 is 0 Å².